The first-order valence-corrected chi connectivity index (χ1v) is 11.6. The summed E-state index contributed by atoms with van der Waals surface area (Å²) in [6, 6.07) is 14.4. The molecule has 3 aromatic rings. The molecule has 0 saturated heterocycles. The molecule has 1 aliphatic carbocycles. The molecular formula is C26H23Cl2N3O3. The van der Waals surface area contributed by atoms with Crippen LogP contribution in [0.25, 0.3) is 11.3 Å². The van der Waals surface area contributed by atoms with Gasteiger partial charge in [-0.25, -0.2) is 0 Å². The predicted octanol–water partition coefficient (Wildman–Crippen LogP) is 5.83. The largest absolute Gasteiger partial charge is 0.481 e. The fourth-order valence-electron chi connectivity index (χ4n) is 3.89. The monoisotopic (exact) mass is 495 g/mol. The van der Waals surface area contributed by atoms with Gasteiger partial charge in [0.2, 0.25) is 0 Å². The first-order chi connectivity index (χ1) is 16.3. The van der Waals surface area contributed by atoms with Crippen LogP contribution in [0.2, 0.25) is 10.0 Å². The highest BCUT2D eigenvalue weighted by atomic mass is 35.5. The Morgan fingerprint density at radius 2 is 1.82 bits per heavy atom. The number of allylic oxidation sites excluding steroid dienone is 4. The second-order valence-corrected chi connectivity index (χ2v) is 8.92. The van der Waals surface area contributed by atoms with Crippen molar-refractivity contribution in [3.05, 3.63) is 98.8 Å². The van der Waals surface area contributed by atoms with E-state index in [9.17, 15) is 14.7 Å². The van der Waals surface area contributed by atoms with Gasteiger partial charge in [-0.3, -0.25) is 14.3 Å². The fourth-order valence-corrected chi connectivity index (χ4v) is 4.19. The average molecular weight is 496 g/mol. The summed E-state index contributed by atoms with van der Waals surface area (Å²) in [7, 11) is 0. The quantitative estimate of drug-likeness (QED) is 0.431. The number of hydrogen-bond donors (Lipinski definition) is 2. The van der Waals surface area contributed by atoms with Gasteiger partial charge in [-0.2, -0.15) is 5.10 Å². The molecule has 1 aliphatic rings. The Labute approximate surface area is 207 Å². The number of hydrogen-bond acceptors (Lipinski definition) is 3. The van der Waals surface area contributed by atoms with Gasteiger partial charge in [-0.1, -0.05) is 59.6 Å². The maximum absolute atomic E-state index is 12.5. The summed E-state index contributed by atoms with van der Waals surface area (Å²) in [5.74, 6) is -1.13. The SMILES string of the molecule is Cc1c(CC(=O)O)c(-c2ccccc2)nn1CC1=CC=C(NC(=O)c2ccc(Cl)c(Cl)c2)CC1. The molecule has 0 atom stereocenters. The summed E-state index contributed by atoms with van der Waals surface area (Å²) in [4.78, 5) is 24.0. The highest BCUT2D eigenvalue weighted by molar-refractivity contribution is 6.42. The molecule has 2 aromatic carbocycles. The van der Waals surface area contributed by atoms with Crippen LogP contribution < -0.4 is 5.32 Å². The van der Waals surface area contributed by atoms with Crippen LogP contribution in [0, 0.1) is 6.92 Å². The van der Waals surface area contributed by atoms with Gasteiger partial charge in [-0.15, -0.1) is 0 Å². The maximum atomic E-state index is 12.5. The highest BCUT2D eigenvalue weighted by Crippen LogP contribution is 2.28. The Bertz CT molecular complexity index is 1310. The van der Waals surface area contributed by atoms with E-state index in [1.54, 1.807) is 18.2 Å². The number of amides is 1. The highest BCUT2D eigenvalue weighted by Gasteiger charge is 2.20. The molecule has 1 amide bonds. The fraction of sp³-hybridized carbons (Fsp3) is 0.192. The first-order valence-electron chi connectivity index (χ1n) is 10.8. The molecule has 1 heterocycles. The topological polar surface area (TPSA) is 84.2 Å². The van der Waals surface area contributed by atoms with Crippen molar-refractivity contribution in [1.29, 1.82) is 0 Å². The Balaban J connectivity index is 1.51. The van der Waals surface area contributed by atoms with Crippen LogP contribution in [0.3, 0.4) is 0 Å². The molecule has 0 unspecified atom stereocenters. The number of carboxylic acid groups (broad SMARTS) is 1. The zero-order chi connectivity index (χ0) is 24.2. The van der Waals surface area contributed by atoms with Crippen molar-refractivity contribution in [2.75, 3.05) is 0 Å². The molecule has 2 N–H and O–H groups in total. The van der Waals surface area contributed by atoms with Gasteiger partial charge >= 0.3 is 5.97 Å². The van der Waals surface area contributed by atoms with Crippen LogP contribution in [0.1, 0.15) is 34.5 Å². The van der Waals surface area contributed by atoms with Gasteiger partial charge in [0, 0.05) is 28.1 Å². The molecule has 0 fully saturated rings. The molecule has 0 spiro atoms. The third-order valence-electron chi connectivity index (χ3n) is 5.75. The van der Waals surface area contributed by atoms with Crippen molar-refractivity contribution in [1.82, 2.24) is 15.1 Å². The van der Waals surface area contributed by atoms with E-state index in [-0.39, 0.29) is 12.3 Å². The number of nitrogens with one attached hydrogen (secondary N) is 1. The van der Waals surface area contributed by atoms with Crippen molar-refractivity contribution in [2.45, 2.75) is 32.7 Å². The van der Waals surface area contributed by atoms with E-state index in [1.807, 2.05) is 54.1 Å². The lowest BCUT2D eigenvalue weighted by Gasteiger charge is -2.16. The molecule has 4 rings (SSSR count). The van der Waals surface area contributed by atoms with Crippen molar-refractivity contribution in [3.8, 4) is 11.3 Å². The standard InChI is InChI=1S/C26H23Cl2N3O3/c1-16-21(14-24(32)33)25(18-5-3-2-4-6-18)30-31(16)15-17-7-10-20(11-8-17)29-26(34)19-9-12-22(27)23(28)13-19/h2-7,9-10,12-13H,8,11,14-15H2,1H3,(H,29,34)(H,32,33). The summed E-state index contributed by atoms with van der Waals surface area (Å²) in [6.45, 7) is 2.45. The van der Waals surface area contributed by atoms with Gasteiger partial charge in [0.1, 0.15) is 0 Å². The number of benzene rings is 2. The molecule has 0 aliphatic heterocycles. The predicted molar refractivity (Wildman–Crippen MR) is 133 cm³/mol. The van der Waals surface area contributed by atoms with Crippen molar-refractivity contribution in [3.63, 3.8) is 0 Å². The van der Waals surface area contributed by atoms with Gasteiger partial charge in [0.25, 0.3) is 5.91 Å². The van der Waals surface area contributed by atoms with Gasteiger partial charge in [0.05, 0.1) is 28.7 Å². The number of carbonyl (C=O) groups is 2. The molecule has 34 heavy (non-hydrogen) atoms. The smallest absolute Gasteiger partial charge is 0.307 e. The number of aromatic nitrogens is 2. The van der Waals surface area contributed by atoms with E-state index >= 15 is 0 Å². The molecule has 6 nitrogen and oxygen atoms in total. The Hall–Kier alpha value is -3.35. The number of carboxylic acids is 1. The lowest BCUT2D eigenvalue weighted by Crippen LogP contribution is -2.24. The minimum Gasteiger partial charge on any atom is -0.481 e. The molecule has 1 aromatic heterocycles. The van der Waals surface area contributed by atoms with E-state index in [0.29, 0.717) is 34.3 Å². The average Bonchev–Trinajstić information content (AvgIpc) is 3.12. The Morgan fingerprint density at radius 3 is 2.47 bits per heavy atom. The zero-order valence-electron chi connectivity index (χ0n) is 18.5. The van der Waals surface area contributed by atoms with Gasteiger partial charge < -0.3 is 10.4 Å². The molecule has 8 heteroatoms. The molecule has 0 bridgehead atoms. The molecule has 0 radical (unpaired) electrons. The second-order valence-electron chi connectivity index (χ2n) is 8.11. The normalized spacial score (nSPS) is 13.3. The number of carbonyl (C=O) groups excluding carboxylic acids is 1. The van der Waals surface area contributed by atoms with E-state index in [0.717, 1.165) is 34.5 Å². The van der Waals surface area contributed by atoms with Gasteiger partial charge in [0.15, 0.2) is 0 Å². The molecule has 0 saturated carbocycles. The summed E-state index contributed by atoms with van der Waals surface area (Å²) >= 11 is 11.9. The summed E-state index contributed by atoms with van der Waals surface area (Å²) in [6.07, 6.45) is 5.21. The lowest BCUT2D eigenvalue weighted by molar-refractivity contribution is -0.136. The van der Waals surface area contributed by atoms with E-state index in [4.69, 9.17) is 28.3 Å². The summed E-state index contributed by atoms with van der Waals surface area (Å²) in [5, 5.41) is 17.8. The minimum atomic E-state index is -0.887. The summed E-state index contributed by atoms with van der Waals surface area (Å²) < 4.78 is 1.86. The van der Waals surface area contributed by atoms with E-state index < -0.39 is 5.97 Å². The van der Waals surface area contributed by atoms with Crippen LogP contribution in [-0.4, -0.2) is 26.8 Å². The van der Waals surface area contributed by atoms with Crippen molar-refractivity contribution < 1.29 is 14.7 Å². The minimum absolute atomic E-state index is 0.0834. The third-order valence-corrected chi connectivity index (χ3v) is 6.49. The molecular weight excluding hydrogens is 473 g/mol. The van der Waals surface area contributed by atoms with Crippen LogP contribution >= 0.6 is 23.2 Å². The first kappa shape index (κ1) is 23.8. The second kappa shape index (κ2) is 10.3. The third kappa shape index (κ3) is 5.41. The van der Waals surface area contributed by atoms with Gasteiger partial charge in [-0.05, 0) is 49.6 Å². The van der Waals surface area contributed by atoms with E-state index in [1.165, 1.54) is 0 Å². The lowest BCUT2D eigenvalue weighted by atomic mass is 10.0. The number of halogens is 2. The van der Waals surface area contributed by atoms with Crippen LogP contribution in [0.15, 0.2) is 72.0 Å². The van der Waals surface area contributed by atoms with Crippen molar-refractivity contribution >= 4 is 35.1 Å². The molecule has 174 valence electrons. The van der Waals surface area contributed by atoms with Crippen molar-refractivity contribution in [2.24, 2.45) is 0 Å². The van der Waals surface area contributed by atoms with Crippen LogP contribution in [0.5, 0.6) is 0 Å². The number of nitrogens with zero attached hydrogens (tertiary/aromatic N) is 2. The Kier molecular flexibility index (Phi) is 7.20. The summed E-state index contributed by atoms with van der Waals surface area (Å²) in [5.41, 5.74) is 5.54. The van der Waals surface area contributed by atoms with Crippen LogP contribution in [-0.2, 0) is 17.8 Å². The maximum Gasteiger partial charge on any atom is 0.307 e. The van der Waals surface area contributed by atoms with E-state index in [2.05, 4.69) is 5.32 Å². The Morgan fingerprint density at radius 1 is 1.06 bits per heavy atom. The van der Waals surface area contributed by atoms with Crippen LogP contribution in [0.4, 0.5) is 0 Å². The zero-order valence-corrected chi connectivity index (χ0v) is 20.0. The number of rotatable bonds is 7. The number of aliphatic carboxylic acids is 1.